The van der Waals surface area contributed by atoms with Gasteiger partial charge < -0.3 is 4.74 Å². The van der Waals surface area contributed by atoms with E-state index in [1.54, 1.807) is 0 Å². The van der Waals surface area contributed by atoms with Gasteiger partial charge in [-0.3, -0.25) is 0 Å². The van der Waals surface area contributed by atoms with E-state index in [0.717, 1.165) is 13.2 Å². The van der Waals surface area contributed by atoms with Crippen LogP contribution in [-0.4, -0.2) is 13.2 Å². The van der Waals surface area contributed by atoms with Crippen LogP contribution in [0.25, 0.3) is 0 Å². The van der Waals surface area contributed by atoms with Crippen LogP contribution >= 0.6 is 0 Å². The van der Waals surface area contributed by atoms with Gasteiger partial charge in [-0.05, 0) is 12.3 Å². The van der Waals surface area contributed by atoms with Crippen molar-refractivity contribution < 1.29 is 4.74 Å². The van der Waals surface area contributed by atoms with Crippen molar-refractivity contribution in [3.05, 3.63) is 12.2 Å². The first-order chi connectivity index (χ1) is 4.72. The van der Waals surface area contributed by atoms with Crippen LogP contribution < -0.4 is 0 Å². The smallest absolute Gasteiger partial charge is 0.0532 e. The Kier molecular flexibility index (Phi) is 2.50. The molecule has 0 saturated carbocycles. The van der Waals surface area contributed by atoms with Crippen LogP contribution in [0, 0.1) is 11.8 Å². The second-order valence-corrected chi connectivity index (χ2v) is 3.29. The minimum Gasteiger partial charge on any atom is -0.381 e. The summed E-state index contributed by atoms with van der Waals surface area (Å²) in [5.74, 6) is 1.26. The second kappa shape index (κ2) is 3.20. The Morgan fingerprint density at radius 2 is 2.30 bits per heavy atom. The molecular formula is C9H16O. The van der Waals surface area contributed by atoms with Crippen LogP contribution in [0.4, 0.5) is 0 Å². The zero-order valence-corrected chi connectivity index (χ0v) is 6.89. The summed E-state index contributed by atoms with van der Waals surface area (Å²) >= 11 is 0. The van der Waals surface area contributed by atoms with Crippen LogP contribution in [0.5, 0.6) is 0 Å². The topological polar surface area (TPSA) is 9.23 Å². The van der Waals surface area contributed by atoms with Gasteiger partial charge in [0, 0.05) is 12.5 Å². The van der Waals surface area contributed by atoms with Crippen molar-refractivity contribution in [1.82, 2.24) is 0 Å². The first-order valence-corrected chi connectivity index (χ1v) is 3.98. The van der Waals surface area contributed by atoms with E-state index in [2.05, 4.69) is 20.4 Å². The zero-order valence-electron chi connectivity index (χ0n) is 6.89. The molecule has 1 heterocycles. The van der Waals surface area contributed by atoms with Crippen LogP contribution in [0.2, 0.25) is 0 Å². The molecule has 0 radical (unpaired) electrons. The van der Waals surface area contributed by atoms with Gasteiger partial charge in [-0.15, -0.1) is 0 Å². The summed E-state index contributed by atoms with van der Waals surface area (Å²) in [7, 11) is 0. The molecule has 0 spiro atoms. The Morgan fingerprint density at radius 1 is 1.60 bits per heavy atom. The molecule has 1 rings (SSSR count). The van der Waals surface area contributed by atoms with Gasteiger partial charge in [-0.2, -0.15) is 0 Å². The summed E-state index contributed by atoms with van der Waals surface area (Å²) in [4.78, 5) is 0. The Hall–Kier alpha value is -0.300. The highest BCUT2D eigenvalue weighted by Crippen LogP contribution is 2.25. The summed E-state index contributed by atoms with van der Waals surface area (Å²) in [6.45, 7) is 10.3. The molecule has 1 aliphatic rings. The van der Waals surface area contributed by atoms with Crippen molar-refractivity contribution in [2.24, 2.45) is 11.8 Å². The Balaban J connectivity index is 2.40. The highest BCUT2D eigenvalue weighted by atomic mass is 16.5. The normalized spacial score (nSPS) is 25.7. The van der Waals surface area contributed by atoms with Crippen LogP contribution in [0.3, 0.4) is 0 Å². The van der Waals surface area contributed by atoms with E-state index in [0.29, 0.717) is 11.8 Å². The van der Waals surface area contributed by atoms with Crippen molar-refractivity contribution in [1.29, 1.82) is 0 Å². The number of hydrogen-bond donors (Lipinski definition) is 0. The number of hydrogen-bond acceptors (Lipinski definition) is 1. The lowest BCUT2D eigenvalue weighted by atomic mass is 9.91. The summed E-state index contributed by atoms with van der Waals surface area (Å²) in [6.07, 6.45) is 1.18. The van der Waals surface area contributed by atoms with E-state index in [1.165, 1.54) is 12.0 Å². The molecular weight excluding hydrogens is 124 g/mol. The van der Waals surface area contributed by atoms with Crippen molar-refractivity contribution in [2.75, 3.05) is 13.2 Å². The third kappa shape index (κ3) is 1.60. The van der Waals surface area contributed by atoms with E-state index >= 15 is 0 Å². The molecule has 0 aromatic carbocycles. The van der Waals surface area contributed by atoms with E-state index < -0.39 is 0 Å². The van der Waals surface area contributed by atoms with Gasteiger partial charge in [0.2, 0.25) is 0 Å². The van der Waals surface area contributed by atoms with Crippen molar-refractivity contribution in [3.8, 4) is 0 Å². The van der Waals surface area contributed by atoms with Gasteiger partial charge in [-0.25, -0.2) is 0 Å². The maximum absolute atomic E-state index is 5.27. The van der Waals surface area contributed by atoms with Gasteiger partial charge in [0.25, 0.3) is 0 Å². The van der Waals surface area contributed by atoms with Crippen LogP contribution in [-0.2, 0) is 4.74 Å². The molecule has 0 unspecified atom stereocenters. The molecule has 10 heavy (non-hydrogen) atoms. The largest absolute Gasteiger partial charge is 0.381 e. The molecule has 1 atom stereocenters. The quantitative estimate of drug-likeness (QED) is 0.534. The predicted octanol–water partition coefficient (Wildman–Crippen LogP) is 2.24. The monoisotopic (exact) mass is 140 g/mol. The average molecular weight is 140 g/mol. The van der Waals surface area contributed by atoms with E-state index in [9.17, 15) is 0 Å². The van der Waals surface area contributed by atoms with E-state index in [1.807, 2.05) is 0 Å². The summed E-state index contributed by atoms with van der Waals surface area (Å²) in [5.41, 5.74) is 1.36. The van der Waals surface area contributed by atoms with Gasteiger partial charge >= 0.3 is 0 Å². The number of rotatable bonds is 2. The lowest BCUT2D eigenvalue weighted by Gasteiger charge is -2.14. The average Bonchev–Trinajstić information content (AvgIpc) is 2.36. The standard InChI is InChI=1S/C9H16O/c1-7(2)8(3)9-4-5-10-6-9/h7,9H,3-6H2,1-2H3/t9-/m0/s1. The van der Waals surface area contributed by atoms with Crippen LogP contribution in [0.1, 0.15) is 20.3 Å². The molecule has 1 heteroatoms. The molecule has 1 aliphatic heterocycles. The summed E-state index contributed by atoms with van der Waals surface area (Å²) < 4.78 is 5.27. The lowest BCUT2D eigenvalue weighted by Crippen LogP contribution is -2.07. The summed E-state index contributed by atoms with van der Waals surface area (Å²) in [6, 6.07) is 0. The fourth-order valence-corrected chi connectivity index (χ4v) is 1.30. The first-order valence-electron chi connectivity index (χ1n) is 3.98. The van der Waals surface area contributed by atoms with Crippen molar-refractivity contribution in [2.45, 2.75) is 20.3 Å². The third-order valence-corrected chi connectivity index (χ3v) is 2.20. The minimum atomic E-state index is 0.617. The summed E-state index contributed by atoms with van der Waals surface area (Å²) in [5, 5.41) is 0. The fourth-order valence-electron chi connectivity index (χ4n) is 1.30. The maximum atomic E-state index is 5.27. The molecule has 1 saturated heterocycles. The Morgan fingerprint density at radius 3 is 2.70 bits per heavy atom. The highest BCUT2D eigenvalue weighted by Gasteiger charge is 2.19. The van der Waals surface area contributed by atoms with E-state index in [-0.39, 0.29) is 0 Å². The van der Waals surface area contributed by atoms with Gasteiger partial charge in [0.05, 0.1) is 6.61 Å². The van der Waals surface area contributed by atoms with Gasteiger partial charge in [-0.1, -0.05) is 26.0 Å². The third-order valence-electron chi connectivity index (χ3n) is 2.20. The Bertz CT molecular complexity index is 121. The Labute approximate surface area is 63.1 Å². The SMILES string of the molecule is C=C(C(C)C)[C@H]1CCOC1. The molecule has 0 aromatic heterocycles. The van der Waals surface area contributed by atoms with Gasteiger partial charge in [0.1, 0.15) is 0 Å². The lowest BCUT2D eigenvalue weighted by molar-refractivity contribution is 0.189. The molecule has 1 fully saturated rings. The zero-order chi connectivity index (χ0) is 7.56. The maximum Gasteiger partial charge on any atom is 0.0532 e. The predicted molar refractivity (Wildman–Crippen MR) is 42.9 cm³/mol. The van der Waals surface area contributed by atoms with Crippen molar-refractivity contribution >= 4 is 0 Å². The highest BCUT2D eigenvalue weighted by molar-refractivity contribution is 5.04. The molecule has 0 aliphatic carbocycles. The fraction of sp³-hybridized carbons (Fsp3) is 0.778. The molecule has 0 amide bonds. The number of ether oxygens (including phenoxy) is 1. The molecule has 1 nitrogen and oxygen atoms in total. The van der Waals surface area contributed by atoms with Crippen molar-refractivity contribution in [3.63, 3.8) is 0 Å². The first kappa shape index (κ1) is 7.80. The molecule has 0 aromatic rings. The minimum absolute atomic E-state index is 0.617. The van der Waals surface area contributed by atoms with Crippen LogP contribution in [0.15, 0.2) is 12.2 Å². The molecule has 58 valence electrons. The van der Waals surface area contributed by atoms with E-state index in [4.69, 9.17) is 4.74 Å². The van der Waals surface area contributed by atoms with Gasteiger partial charge in [0.15, 0.2) is 0 Å². The molecule has 0 N–H and O–H groups in total. The molecule has 0 bridgehead atoms. The second-order valence-electron chi connectivity index (χ2n) is 3.29.